The van der Waals surface area contributed by atoms with E-state index in [2.05, 4.69) is 36.1 Å². The summed E-state index contributed by atoms with van der Waals surface area (Å²) in [6, 6.07) is 0.988. The van der Waals surface area contributed by atoms with Crippen molar-refractivity contribution in [2.24, 2.45) is 5.73 Å². The first-order valence-corrected chi connectivity index (χ1v) is 6.69. The lowest BCUT2D eigenvalue weighted by Crippen LogP contribution is -2.55. The van der Waals surface area contributed by atoms with Crippen molar-refractivity contribution < 1.29 is 4.79 Å². The monoisotopic (exact) mass is 256 g/mol. The van der Waals surface area contributed by atoms with Gasteiger partial charge in [0.15, 0.2) is 0 Å². The minimum Gasteiger partial charge on any atom is -0.368 e. The number of carbonyl (C=O) groups is 1. The first kappa shape index (κ1) is 15.4. The number of likely N-dealkylation sites (N-methyl/N-ethyl adjacent to an activating group) is 2. The summed E-state index contributed by atoms with van der Waals surface area (Å²) < 4.78 is 0. The lowest BCUT2D eigenvalue weighted by atomic mass is 9.92. The fourth-order valence-corrected chi connectivity index (χ4v) is 2.64. The average molecular weight is 256 g/mol. The van der Waals surface area contributed by atoms with Crippen LogP contribution in [0.2, 0.25) is 0 Å². The van der Waals surface area contributed by atoms with Crippen molar-refractivity contribution in [1.82, 2.24) is 15.1 Å². The molecule has 0 saturated carbocycles. The third kappa shape index (κ3) is 3.43. The molecule has 0 spiro atoms. The number of carbonyl (C=O) groups excluding carboxylic acids is 1. The van der Waals surface area contributed by atoms with E-state index >= 15 is 0 Å². The van der Waals surface area contributed by atoms with Crippen LogP contribution in [-0.2, 0) is 4.79 Å². The standard InChI is InChI=1S/C13H28N4O/c1-10(8-13(2,15-3)12(14)18)17-7-6-11(9-17)16(4)5/h10-11,15H,6-9H2,1-5H3,(H2,14,18). The van der Waals surface area contributed by atoms with Crippen molar-refractivity contribution >= 4 is 5.91 Å². The van der Waals surface area contributed by atoms with E-state index in [9.17, 15) is 4.79 Å². The van der Waals surface area contributed by atoms with Gasteiger partial charge < -0.3 is 16.0 Å². The molecule has 0 radical (unpaired) electrons. The third-order valence-corrected chi connectivity index (χ3v) is 4.35. The lowest BCUT2D eigenvalue weighted by molar-refractivity contribution is -0.124. The minimum atomic E-state index is -0.615. The molecule has 1 aliphatic rings. The van der Waals surface area contributed by atoms with Gasteiger partial charge in [-0.1, -0.05) is 0 Å². The van der Waals surface area contributed by atoms with E-state index in [0.29, 0.717) is 12.1 Å². The molecule has 0 aliphatic carbocycles. The highest BCUT2D eigenvalue weighted by atomic mass is 16.1. The number of hydrogen-bond donors (Lipinski definition) is 2. The molecule has 3 atom stereocenters. The molecule has 3 unspecified atom stereocenters. The Kier molecular flexibility index (Phi) is 5.13. The van der Waals surface area contributed by atoms with Crippen LogP contribution in [0.1, 0.15) is 26.7 Å². The zero-order valence-electron chi connectivity index (χ0n) is 12.4. The van der Waals surface area contributed by atoms with E-state index in [-0.39, 0.29) is 5.91 Å². The summed E-state index contributed by atoms with van der Waals surface area (Å²) in [5.74, 6) is -0.278. The van der Waals surface area contributed by atoms with Crippen LogP contribution in [0.3, 0.4) is 0 Å². The number of nitrogens with one attached hydrogen (secondary N) is 1. The Labute approximate surface area is 111 Å². The van der Waals surface area contributed by atoms with E-state index < -0.39 is 5.54 Å². The molecule has 1 aliphatic heterocycles. The largest absolute Gasteiger partial charge is 0.368 e. The third-order valence-electron chi connectivity index (χ3n) is 4.35. The maximum absolute atomic E-state index is 11.5. The zero-order chi connectivity index (χ0) is 13.9. The molecule has 0 aromatic rings. The van der Waals surface area contributed by atoms with Gasteiger partial charge in [0.25, 0.3) is 0 Å². The lowest BCUT2D eigenvalue weighted by Gasteiger charge is -2.33. The second-order valence-corrected chi connectivity index (χ2v) is 5.90. The van der Waals surface area contributed by atoms with Gasteiger partial charge in [0, 0.05) is 25.2 Å². The molecule has 0 aromatic carbocycles. The van der Waals surface area contributed by atoms with Crippen molar-refractivity contribution in [3.8, 4) is 0 Å². The number of amides is 1. The molecule has 1 fully saturated rings. The van der Waals surface area contributed by atoms with Gasteiger partial charge in [-0.3, -0.25) is 9.69 Å². The molecule has 106 valence electrons. The molecule has 1 amide bonds. The number of primary amides is 1. The Morgan fingerprint density at radius 3 is 2.61 bits per heavy atom. The summed E-state index contributed by atoms with van der Waals surface area (Å²) in [6.45, 7) is 6.23. The predicted octanol–water partition coefficient (Wildman–Crippen LogP) is -0.136. The second-order valence-electron chi connectivity index (χ2n) is 5.90. The molecule has 0 bridgehead atoms. The van der Waals surface area contributed by atoms with Crippen molar-refractivity contribution in [3.63, 3.8) is 0 Å². The van der Waals surface area contributed by atoms with Crippen molar-refractivity contribution in [2.75, 3.05) is 34.2 Å². The normalized spacial score (nSPS) is 26.2. The molecule has 1 rings (SSSR count). The van der Waals surface area contributed by atoms with Gasteiger partial charge in [0.2, 0.25) is 5.91 Å². The molecule has 1 saturated heterocycles. The maximum atomic E-state index is 11.5. The summed E-state index contributed by atoms with van der Waals surface area (Å²) in [6.07, 6.45) is 1.95. The SMILES string of the molecule is CNC(C)(CC(C)N1CCC(N(C)C)C1)C(N)=O. The maximum Gasteiger partial charge on any atom is 0.237 e. The highest BCUT2D eigenvalue weighted by Gasteiger charge is 2.35. The van der Waals surface area contributed by atoms with Gasteiger partial charge >= 0.3 is 0 Å². The number of nitrogens with zero attached hydrogens (tertiary/aromatic N) is 2. The topological polar surface area (TPSA) is 61.6 Å². The summed E-state index contributed by atoms with van der Waals surface area (Å²) in [5.41, 5.74) is 4.86. The number of nitrogens with two attached hydrogens (primary N) is 1. The summed E-state index contributed by atoms with van der Waals surface area (Å²) in [7, 11) is 6.05. The van der Waals surface area contributed by atoms with E-state index in [1.807, 2.05) is 6.92 Å². The highest BCUT2D eigenvalue weighted by molar-refractivity contribution is 5.84. The smallest absolute Gasteiger partial charge is 0.237 e. The van der Waals surface area contributed by atoms with Crippen molar-refractivity contribution in [2.45, 2.75) is 44.3 Å². The summed E-state index contributed by atoms with van der Waals surface area (Å²) in [5, 5.41) is 3.05. The fraction of sp³-hybridized carbons (Fsp3) is 0.923. The van der Waals surface area contributed by atoms with Gasteiger partial charge in [0.1, 0.15) is 0 Å². The average Bonchev–Trinajstić information content (AvgIpc) is 2.77. The van der Waals surface area contributed by atoms with Gasteiger partial charge in [-0.05, 0) is 47.8 Å². The van der Waals surface area contributed by atoms with Crippen LogP contribution in [0.15, 0.2) is 0 Å². The van der Waals surface area contributed by atoms with Crippen LogP contribution in [-0.4, -0.2) is 67.6 Å². The van der Waals surface area contributed by atoms with Crippen LogP contribution in [0, 0.1) is 0 Å². The molecule has 1 heterocycles. The number of rotatable bonds is 6. The Morgan fingerprint density at radius 2 is 2.22 bits per heavy atom. The molecule has 3 N–H and O–H groups in total. The van der Waals surface area contributed by atoms with E-state index in [0.717, 1.165) is 19.5 Å². The molecular weight excluding hydrogens is 228 g/mol. The van der Waals surface area contributed by atoms with Gasteiger partial charge in [-0.2, -0.15) is 0 Å². The fourth-order valence-electron chi connectivity index (χ4n) is 2.64. The van der Waals surface area contributed by atoms with Gasteiger partial charge in [-0.25, -0.2) is 0 Å². The van der Waals surface area contributed by atoms with E-state index in [4.69, 9.17) is 5.73 Å². The Balaban J connectivity index is 2.56. The zero-order valence-corrected chi connectivity index (χ0v) is 12.4. The van der Waals surface area contributed by atoms with Crippen LogP contribution in [0.5, 0.6) is 0 Å². The number of hydrogen-bond acceptors (Lipinski definition) is 4. The molecular formula is C13H28N4O. The minimum absolute atomic E-state index is 0.278. The Morgan fingerprint density at radius 1 is 1.61 bits per heavy atom. The number of likely N-dealkylation sites (tertiary alicyclic amines) is 1. The highest BCUT2D eigenvalue weighted by Crippen LogP contribution is 2.21. The van der Waals surface area contributed by atoms with Gasteiger partial charge in [-0.15, -0.1) is 0 Å². The van der Waals surface area contributed by atoms with Crippen LogP contribution in [0.25, 0.3) is 0 Å². The van der Waals surface area contributed by atoms with Gasteiger partial charge in [0.05, 0.1) is 5.54 Å². The van der Waals surface area contributed by atoms with Crippen molar-refractivity contribution in [3.05, 3.63) is 0 Å². The van der Waals surface area contributed by atoms with E-state index in [1.165, 1.54) is 6.42 Å². The first-order chi connectivity index (χ1) is 8.30. The Bertz CT molecular complexity index is 295. The summed E-state index contributed by atoms with van der Waals surface area (Å²) >= 11 is 0. The van der Waals surface area contributed by atoms with E-state index in [1.54, 1.807) is 7.05 Å². The quantitative estimate of drug-likeness (QED) is 0.695. The summed E-state index contributed by atoms with van der Waals surface area (Å²) in [4.78, 5) is 16.2. The van der Waals surface area contributed by atoms with Crippen LogP contribution >= 0.6 is 0 Å². The van der Waals surface area contributed by atoms with Crippen LogP contribution in [0.4, 0.5) is 0 Å². The second kappa shape index (κ2) is 5.99. The molecule has 5 nitrogen and oxygen atoms in total. The van der Waals surface area contributed by atoms with Crippen LogP contribution < -0.4 is 11.1 Å². The molecule has 0 aromatic heterocycles. The molecule has 18 heavy (non-hydrogen) atoms. The first-order valence-electron chi connectivity index (χ1n) is 6.69. The molecule has 5 heteroatoms. The Hall–Kier alpha value is -0.650. The predicted molar refractivity (Wildman–Crippen MR) is 74.4 cm³/mol. The van der Waals surface area contributed by atoms with Crippen molar-refractivity contribution in [1.29, 1.82) is 0 Å².